The molecule has 0 fully saturated rings. The van der Waals surface area contributed by atoms with Crippen LogP contribution in [0.25, 0.3) is 10.9 Å². The van der Waals surface area contributed by atoms with Crippen LogP contribution in [0.15, 0.2) is 67.1 Å². The van der Waals surface area contributed by atoms with E-state index in [-0.39, 0.29) is 5.78 Å². The van der Waals surface area contributed by atoms with E-state index < -0.39 is 0 Å². The summed E-state index contributed by atoms with van der Waals surface area (Å²) in [6.07, 6.45) is 3.19. The molecule has 0 bridgehead atoms. The fourth-order valence-corrected chi connectivity index (χ4v) is 2.86. The predicted octanol–water partition coefficient (Wildman–Crippen LogP) is 4.30. The van der Waals surface area contributed by atoms with Crippen LogP contribution in [0.4, 0.5) is 28.7 Å². The lowest BCUT2D eigenvalue weighted by Crippen LogP contribution is -2.05. The van der Waals surface area contributed by atoms with Gasteiger partial charge in [0, 0.05) is 28.5 Å². The summed E-state index contributed by atoms with van der Waals surface area (Å²) in [5.41, 5.74) is 9.82. The van der Waals surface area contributed by atoms with E-state index in [1.165, 1.54) is 13.3 Å². The maximum Gasteiger partial charge on any atom is 0.159 e. The molecule has 7 heteroatoms. The zero-order chi connectivity index (χ0) is 19.5. The van der Waals surface area contributed by atoms with E-state index in [9.17, 15) is 4.79 Å². The number of pyridine rings is 1. The Balaban J connectivity index is 1.62. The quantitative estimate of drug-likeness (QED) is 0.450. The van der Waals surface area contributed by atoms with Crippen molar-refractivity contribution in [3.63, 3.8) is 0 Å². The number of fused-ring (bicyclic) bond motifs is 1. The topological polar surface area (TPSA) is 106 Å². The van der Waals surface area contributed by atoms with Gasteiger partial charge in [0.1, 0.15) is 12.0 Å². The molecule has 2 heterocycles. The van der Waals surface area contributed by atoms with Crippen molar-refractivity contribution in [2.45, 2.75) is 6.92 Å². The number of nitrogens with one attached hydrogen (secondary N) is 2. The molecule has 138 valence electrons. The molecule has 0 aliphatic heterocycles. The largest absolute Gasteiger partial charge is 0.393 e. The van der Waals surface area contributed by atoms with Crippen LogP contribution in [0.3, 0.4) is 0 Å². The second kappa shape index (κ2) is 7.32. The Morgan fingerprint density at radius 3 is 2.39 bits per heavy atom. The number of nitrogens with two attached hydrogens (primary N) is 1. The van der Waals surface area contributed by atoms with Crippen LogP contribution in [0.1, 0.15) is 17.3 Å². The van der Waals surface area contributed by atoms with Gasteiger partial charge >= 0.3 is 0 Å². The highest BCUT2D eigenvalue weighted by atomic mass is 16.1. The van der Waals surface area contributed by atoms with Crippen molar-refractivity contribution >= 4 is 45.4 Å². The summed E-state index contributed by atoms with van der Waals surface area (Å²) in [4.78, 5) is 24.3. The van der Waals surface area contributed by atoms with Gasteiger partial charge in [-0.1, -0.05) is 6.07 Å². The molecule has 0 radical (unpaired) electrons. The number of ketones is 1. The van der Waals surface area contributed by atoms with Gasteiger partial charge in [0.2, 0.25) is 0 Å². The molecule has 4 aromatic rings. The van der Waals surface area contributed by atoms with Crippen LogP contribution in [0.5, 0.6) is 0 Å². The van der Waals surface area contributed by atoms with E-state index in [0.717, 1.165) is 22.3 Å². The number of carbonyl (C=O) groups is 1. The first-order valence-electron chi connectivity index (χ1n) is 8.71. The van der Waals surface area contributed by atoms with Crippen molar-refractivity contribution in [1.29, 1.82) is 0 Å². The lowest BCUT2D eigenvalue weighted by atomic mass is 10.1. The van der Waals surface area contributed by atoms with Crippen LogP contribution in [-0.2, 0) is 0 Å². The van der Waals surface area contributed by atoms with Gasteiger partial charge in [0.05, 0.1) is 5.52 Å². The zero-order valence-electron chi connectivity index (χ0n) is 15.2. The van der Waals surface area contributed by atoms with Crippen LogP contribution < -0.4 is 16.4 Å². The molecule has 2 aromatic carbocycles. The summed E-state index contributed by atoms with van der Waals surface area (Å²) in [6.45, 7) is 1.53. The summed E-state index contributed by atoms with van der Waals surface area (Å²) in [6, 6.07) is 16.8. The van der Waals surface area contributed by atoms with Gasteiger partial charge in [-0.05, 0) is 55.5 Å². The Labute approximate surface area is 161 Å². The maximum absolute atomic E-state index is 11.4. The average molecular weight is 370 g/mol. The van der Waals surface area contributed by atoms with Gasteiger partial charge in [-0.2, -0.15) is 0 Å². The minimum absolute atomic E-state index is 0.0177. The molecule has 0 spiro atoms. The van der Waals surface area contributed by atoms with Crippen molar-refractivity contribution in [3.8, 4) is 0 Å². The first-order valence-corrected chi connectivity index (χ1v) is 8.71. The summed E-state index contributed by atoms with van der Waals surface area (Å²) in [5, 5.41) is 7.40. The lowest BCUT2D eigenvalue weighted by Gasteiger charge is -2.14. The fraction of sp³-hybridized carbons (Fsp3) is 0.0476. The normalized spacial score (nSPS) is 10.6. The molecule has 0 atom stereocenters. The second-order valence-electron chi connectivity index (χ2n) is 6.24. The smallest absolute Gasteiger partial charge is 0.159 e. The summed E-state index contributed by atoms with van der Waals surface area (Å²) < 4.78 is 0. The van der Waals surface area contributed by atoms with Crippen LogP contribution >= 0.6 is 0 Å². The Hall–Kier alpha value is -4.00. The number of anilines is 5. The van der Waals surface area contributed by atoms with Crippen LogP contribution in [-0.4, -0.2) is 20.7 Å². The van der Waals surface area contributed by atoms with E-state index in [4.69, 9.17) is 5.73 Å². The maximum atomic E-state index is 11.4. The highest BCUT2D eigenvalue weighted by molar-refractivity contribution is 5.95. The number of rotatable bonds is 5. The highest BCUT2D eigenvalue weighted by Gasteiger charge is 2.10. The number of nitrogen functional groups attached to an aromatic ring is 1. The molecule has 0 unspecified atom stereocenters. The minimum Gasteiger partial charge on any atom is -0.393 e. The van der Waals surface area contributed by atoms with Gasteiger partial charge in [-0.15, -0.1) is 0 Å². The molecular formula is C21H18N6O. The number of Topliss-reactive ketones (excluding diaryl/α,β-unsaturated/α-hetero) is 1. The van der Waals surface area contributed by atoms with Gasteiger partial charge < -0.3 is 16.4 Å². The van der Waals surface area contributed by atoms with Gasteiger partial charge in [0.15, 0.2) is 17.4 Å². The molecule has 0 saturated heterocycles. The Morgan fingerprint density at radius 1 is 0.893 bits per heavy atom. The molecule has 0 aliphatic carbocycles. The molecule has 28 heavy (non-hydrogen) atoms. The average Bonchev–Trinajstić information content (AvgIpc) is 2.71. The van der Waals surface area contributed by atoms with E-state index in [1.54, 1.807) is 18.3 Å². The van der Waals surface area contributed by atoms with Crippen molar-refractivity contribution in [1.82, 2.24) is 15.0 Å². The number of aromatic nitrogens is 3. The van der Waals surface area contributed by atoms with E-state index in [2.05, 4.69) is 25.6 Å². The first kappa shape index (κ1) is 17.4. The summed E-state index contributed by atoms with van der Waals surface area (Å²) in [7, 11) is 0. The molecule has 7 nitrogen and oxygen atoms in total. The van der Waals surface area contributed by atoms with Crippen molar-refractivity contribution in [2.24, 2.45) is 0 Å². The molecular weight excluding hydrogens is 352 g/mol. The van der Waals surface area contributed by atoms with Gasteiger partial charge in [-0.25, -0.2) is 9.97 Å². The number of nitrogens with zero attached hydrogens (tertiary/aromatic N) is 3. The summed E-state index contributed by atoms with van der Waals surface area (Å²) >= 11 is 0. The molecule has 2 aromatic heterocycles. The number of hydrogen-bond donors (Lipinski definition) is 3. The Bertz CT molecular complexity index is 1150. The van der Waals surface area contributed by atoms with Crippen LogP contribution in [0, 0.1) is 0 Å². The third-order valence-corrected chi connectivity index (χ3v) is 4.34. The van der Waals surface area contributed by atoms with E-state index in [0.29, 0.717) is 22.9 Å². The summed E-state index contributed by atoms with van der Waals surface area (Å²) in [5.74, 6) is 0.991. The van der Waals surface area contributed by atoms with E-state index >= 15 is 0 Å². The molecule has 4 N–H and O–H groups in total. The first-order chi connectivity index (χ1) is 13.6. The minimum atomic E-state index is 0.0177. The third kappa shape index (κ3) is 3.45. The Morgan fingerprint density at radius 2 is 1.64 bits per heavy atom. The number of carbonyl (C=O) groups excluding carboxylic acids is 1. The molecule has 0 amide bonds. The van der Waals surface area contributed by atoms with Crippen LogP contribution in [0.2, 0.25) is 0 Å². The number of benzene rings is 2. The fourth-order valence-electron chi connectivity index (χ4n) is 2.86. The predicted molar refractivity (Wildman–Crippen MR) is 111 cm³/mol. The molecule has 4 rings (SSSR count). The van der Waals surface area contributed by atoms with Gasteiger partial charge in [0.25, 0.3) is 0 Å². The molecule has 0 aliphatic rings. The third-order valence-electron chi connectivity index (χ3n) is 4.34. The van der Waals surface area contributed by atoms with Crippen molar-refractivity contribution < 1.29 is 4.79 Å². The highest BCUT2D eigenvalue weighted by Crippen LogP contribution is 2.30. The number of hydrogen-bond acceptors (Lipinski definition) is 7. The second-order valence-corrected chi connectivity index (χ2v) is 6.24. The van der Waals surface area contributed by atoms with E-state index in [1.807, 2.05) is 42.5 Å². The van der Waals surface area contributed by atoms with Crippen molar-refractivity contribution in [3.05, 3.63) is 72.7 Å². The monoisotopic (exact) mass is 370 g/mol. The zero-order valence-corrected chi connectivity index (χ0v) is 15.2. The Kier molecular flexibility index (Phi) is 4.55. The van der Waals surface area contributed by atoms with Gasteiger partial charge in [-0.3, -0.25) is 9.78 Å². The standard InChI is InChI=1S/C21H18N6O/c1-13(28)14-7-9-15(10-8-14)26-20-19(22)21(25-12-24-20)27-18-6-2-5-17-16(18)4-3-11-23-17/h2-12H,22H2,1H3,(H2,24,25,26,27). The molecule has 0 saturated carbocycles. The lowest BCUT2D eigenvalue weighted by molar-refractivity contribution is 0.101. The van der Waals surface area contributed by atoms with Crippen molar-refractivity contribution in [2.75, 3.05) is 16.4 Å². The SMILES string of the molecule is CC(=O)c1ccc(Nc2ncnc(Nc3cccc4ncccc34)c2N)cc1.